The first-order valence-corrected chi connectivity index (χ1v) is 10.6. The van der Waals surface area contributed by atoms with Crippen LogP contribution in [0.2, 0.25) is 0 Å². The number of hydrogen-bond donors (Lipinski definition) is 1. The summed E-state index contributed by atoms with van der Waals surface area (Å²) >= 11 is 0. The van der Waals surface area contributed by atoms with Gasteiger partial charge >= 0.3 is 0 Å². The quantitative estimate of drug-likeness (QED) is 0.275. The van der Waals surface area contributed by atoms with E-state index in [0.29, 0.717) is 23.4 Å². The van der Waals surface area contributed by atoms with E-state index in [1.807, 2.05) is 66.7 Å². The molecule has 0 heterocycles. The fourth-order valence-electron chi connectivity index (χ4n) is 3.38. The lowest BCUT2D eigenvalue weighted by Crippen LogP contribution is -2.19. The highest BCUT2D eigenvalue weighted by Crippen LogP contribution is 2.30. The Morgan fingerprint density at radius 2 is 1.52 bits per heavy atom. The molecule has 5 heteroatoms. The third-order valence-corrected chi connectivity index (χ3v) is 5.17. The van der Waals surface area contributed by atoms with Crippen LogP contribution in [0.5, 0.6) is 5.75 Å². The molecule has 0 aliphatic rings. The van der Waals surface area contributed by atoms with Gasteiger partial charge in [-0.3, -0.25) is 4.79 Å². The van der Waals surface area contributed by atoms with Crippen LogP contribution in [0, 0.1) is 5.82 Å². The predicted molar refractivity (Wildman–Crippen MR) is 129 cm³/mol. The van der Waals surface area contributed by atoms with Crippen molar-refractivity contribution in [3.63, 3.8) is 0 Å². The summed E-state index contributed by atoms with van der Waals surface area (Å²) in [6.07, 6.45) is 0. The molecule has 0 atom stereocenters. The number of ether oxygens (including phenoxy) is 1. The fraction of sp³-hybridized carbons (Fsp3) is 0.0714. The zero-order valence-electron chi connectivity index (χ0n) is 18.2. The van der Waals surface area contributed by atoms with Crippen LogP contribution in [0.1, 0.15) is 28.4 Å². The Bertz CT molecular complexity index is 1270. The molecule has 0 bridgehead atoms. The van der Waals surface area contributed by atoms with Crippen molar-refractivity contribution in [3.8, 4) is 16.9 Å². The number of hydrazone groups is 1. The molecule has 33 heavy (non-hydrogen) atoms. The van der Waals surface area contributed by atoms with Gasteiger partial charge < -0.3 is 4.74 Å². The molecule has 0 unspecified atom stereocenters. The highest BCUT2D eigenvalue weighted by atomic mass is 19.1. The van der Waals surface area contributed by atoms with Crippen LogP contribution < -0.4 is 10.2 Å². The number of carbonyl (C=O) groups is 1. The molecule has 0 saturated heterocycles. The van der Waals surface area contributed by atoms with Crippen LogP contribution in [-0.4, -0.2) is 11.6 Å². The first-order valence-electron chi connectivity index (χ1n) is 10.6. The number of carbonyl (C=O) groups excluding carboxylic acids is 1. The van der Waals surface area contributed by atoms with E-state index in [2.05, 4.69) is 10.5 Å². The van der Waals surface area contributed by atoms with Crippen molar-refractivity contribution in [1.82, 2.24) is 5.43 Å². The zero-order chi connectivity index (χ0) is 23.0. The Morgan fingerprint density at radius 1 is 0.848 bits per heavy atom. The number of amides is 1. The van der Waals surface area contributed by atoms with E-state index in [1.165, 1.54) is 6.07 Å². The van der Waals surface area contributed by atoms with E-state index in [1.54, 1.807) is 37.3 Å². The minimum Gasteiger partial charge on any atom is -0.488 e. The van der Waals surface area contributed by atoms with E-state index in [0.717, 1.165) is 22.4 Å². The first-order chi connectivity index (χ1) is 16.1. The Hall–Kier alpha value is -4.25. The molecule has 4 aromatic carbocycles. The van der Waals surface area contributed by atoms with Crippen LogP contribution in [0.25, 0.3) is 11.1 Å². The summed E-state index contributed by atoms with van der Waals surface area (Å²) in [4.78, 5) is 12.4. The van der Waals surface area contributed by atoms with Gasteiger partial charge in [0.05, 0.1) is 5.71 Å². The van der Waals surface area contributed by atoms with Gasteiger partial charge in [0, 0.05) is 16.7 Å². The van der Waals surface area contributed by atoms with E-state index >= 15 is 0 Å². The molecular formula is C28H23FN2O2. The van der Waals surface area contributed by atoms with E-state index in [4.69, 9.17) is 4.74 Å². The molecule has 0 aliphatic carbocycles. The van der Waals surface area contributed by atoms with Crippen LogP contribution in [0.3, 0.4) is 0 Å². The summed E-state index contributed by atoms with van der Waals surface area (Å²) in [6.45, 7) is 2.02. The lowest BCUT2D eigenvalue weighted by Gasteiger charge is -2.12. The Morgan fingerprint density at radius 3 is 2.27 bits per heavy atom. The Labute approximate surface area is 192 Å². The van der Waals surface area contributed by atoms with Crippen molar-refractivity contribution in [1.29, 1.82) is 0 Å². The third kappa shape index (κ3) is 5.52. The summed E-state index contributed by atoms with van der Waals surface area (Å²) in [6, 6.07) is 31.4. The van der Waals surface area contributed by atoms with Gasteiger partial charge in [0.25, 0.3) is 5.91 Å². The van der Waals surface area contributed by atoms with Crippen LogP contribution in [0.4, 0.5) is 4.39 Å². The maximum absolute atomic E-state index is 13.8. The van der Waals surface area contributed by atoms with Gasteiger partial charge in [-0.15, -0.1) is 0 Å². The average Bonchev–Trinajstić information content (AvgIpc) is 2.87. The topological polar surface area (TPSA) is 50.7 Å². The number of nitrogens with zero attached hydrogens (tertiary/aromatic N) is 1. The minimum absolute atomic E-state index is 0.348. The maximum atomic E-state index is 13.8. The van der Waals surface area contributed by atoms with E-state index in [-0.39, 0.29) is 11.7 Å². The minimum atomic E-state index is -0.383. The van der Waals surface area contributed by atoms with Crippen molar-refractivity contribution < 1.29 is 13.9 Å². The van der Waals surface area contributed by atoms with Crippen molar-refractivity contribution in [2.24, 2.45) is 5.10 Å². The molecule has 0 spiro atoms. The molecule has 1 amide bonds. The van der Waals surface area contributed by atoms with Gasteiger partial charge in [0.2, 0.25) is 0 Å². The summed E-state index contributed by atoms with van der Waals surface area (Å²) in [5, 5.41) is 4.02. The van der Waals surface area contributed by atoms with Crippen LogP contribution >= 0.6 is 0 Å². The summed E-state index contributed by atoms with van der Waals surface area (Å²) in [5.41, 5.74) is 6.72. The SMILES string of the molecule is CC(=NNC(=O)c1ccc(COc2ccccc2-c2ccccc2)cc1)c1ccccc1F. The molecule has 4 rings (SSSR count). The molecule has 1 N–H and O–H groups in total. The highest BCUT2D eigenvalue weighted by molar-refractivity contribution is 6.01. The Kier molecular flexibility index (Phi) is 6.90. The van der Waals surface area contributed by atoms with Gasteiger partial charge in [0.15, 0.2) is 0 Å². The van der Waals surface area contributed by atoms with Gasteiger partial charge in [-0.1, -0.05) is 78.9 Å². The Balaban J connectivity index is 1.39. The monoisotopic (exact) mass is 438 g/mol. The molecule has 164 valence electrons. The normalized spacial score (nSPS) is 11.2. The number of nitrogens with one attached hydrogen (secondary N) is 1. The number of benzene rings is 4. The molecule has 0 fully saturated rings. The number of hydrogen-bond acceptors (Lipinski definition) is 3. The standard InChI is InChI=1S/C28H23FN2O2/c1-20(24-11-5-7-13-26(24)29)30-31-28(32)23-17-15-21(16-18-23)19-33-27-14-8-6-12-25(27)22-9-3-2-4-10-22/h2-18H,19H2,1H3,(H,31,32). The van der Waals surface area contributed by atoms with Gasteiger partial charge in [-0.2, -0.15) is 5.10 Å². The van der Waals surface area contributed by atoms with Gasteiger partial charge in [0.1, 0.15) is 18.2 Å². The number of rotatable bonds is 7. The molecule has 0 aliphatic heterocycles. The predicted octanol–water partition coefficient (Wildman–Crippen LogP) is 6.23. The molecule has 0 radical (unpaired) electrons. The second-order valence-corrected chi connectivity index (χ2v) is 7.47. The average molecular weight is 439 g/mol. The first kappa shape index (κ1) is 22.0. The van der Waals surface area contributed by atoms with Crippen molar-refractivity contribution in [3.05, 3.63) is 126 Å². The molecular weight excluding hydrogens is 415 g/mol. The molecule has 0 saturated carbocycles. The molecule has 0 aromatic heterocycles. The van der Waals surface area contributed by atoms with Crippen molar-refractivity contribution in [2.75, 3.05) is 0 Å². The van der Waals surface area contributed by atoms with E-state index in [9.17, 15) is 9.18 Å². The second kappa shape index (κ2) is 10.4. The maximum Gasteiger partial charge on any atom is 0.271 e. The lowest BCUT2D eigenvalue weighted by molar-refractivity contribution is 0.0954. The van der Waals surface area contributed by atoms with E-state index < -0.39 is 0 Å². The number of halogens is 1. The number of para-hydroxylation sites is 1. The summed E-state index contributed by atoms with van der Waals surface area (Å²) in [7, 11) is 0. The lowest BCUT2D eigenvalue weighted by atomic mass is 10.0. The van der Waals surface area contributed by atoms with Crippen molar-refractivity contribution >= 4 is 11.6 Å². The summed E-state index contributed by atoms with van der Waals surface area (Å²) < 4.78 is 19.9. The van der Waals surface area contributed by atoms with Crippen molar-refractivity contribution in [2.45, 2.75) is 13.5 Å². The fourth-order valence-corrected chi connectivity index (χ4v) is 3.38. The van der Waals surface area contributed by atoms with Gasteiger partial charge in [-0.05, 0) is 42.3 Å². The third-order valence-electron chi connectivity index (χ3n) is 5.17. The summed E-state index contributed by atoms with van der Waals surface area (Å²) in [5.74, 6) is 0.0437. The van der Waals surface area contributed by atoms with Crippen LogP contribution in [0.15, 0.2) is 108 Å². The smallest absolute Gasteiger partial charge is 0.271 e. The van der Waals surface area contributed by atoms with Crippen LogP contribution in [-0.2, 0) is 6.61 Å². The highest BCUT2D eigenvalue weighted by Gasteiger charge is 2.09. The zero-order valence-corrected chi connectivity index (χ0v) is 18.2. The second-order valence-electron chi connectivity index (χ2n) is 7.47. The largest absolute Gasteiger partial charge is 0.488 e. The molecule has 4 nitrogen and oxygen atoms in total. The molecule has 4 aromatic rings. The van der Waals surface area contributed by atoms with Gasteiger partial charge in [-0.25, -0.2) is 9.82 Å².